The predicted octanol–water partition coefficient (Wildman–Crippen LogP) is 4.13. The molecule has 0 unspecified atom stereocenters. The fourth-order valence-electron chi connectivity index (χ4n) is 2.53. The van der Waals surface area contributed by atoms with Crippen LogP contribution in [0.5, 0.6) is 11.5 Å². The topological polar surface area (TPSA) is 35.5 Å². The van der Waals surface area contributed by atoms with Crippen LogP contribution < -0.4 is 9.47 Å². The Balaban J connectivity index is 1.93. The minimum atomic E-state index is -0.0161. The zero-order valence-corrected chi connectivity index (χ0v) is 13.3. The maximum absolute atomic E-state index is 12.6. The van der Waals surface area contributed by atoms with Gasteiger partial charge in [0.15, 0.2) is 5.78 Å². The Bertz CT molecular complexity index is 654. The molecule has 2 aromatic rings. The molecule has 3 rings (SSSR count). The maximum Gasteiger partial charge on any atom is 0.194 e. The van der Waals surface area contributed by atoms with E-state index in [1.54, 1.807) is 12.1 Å². The number of carbonyl (C=O) groups excluding carboxylic acids is 1. The van der Waals surface area contributed by atoms with Gasteiger partial charge in [0.05, 0.1) is 11.8 Å². The van der Waals surface area contributed by atoms with Gasteiger partial charge in [0.2, 0.25) is 0 Å². The molecule has 0 bridgehead atoms. The number of rotatable bonds is 6. The molecule has 0 radical (unpaired) electrons. The van der Waals surface area contributed by atoms with Gasteiger partial charge in [-0.25, -0.2) is 0 Å². The van der Waals surface area contributed by atoms with Crippen molar-refractivity contribution in [2.24, 2.45) is 0 Å². The lowest BCUT2D eigenvalue weighted by Gasteiger charge is -2.06. The van der Waals surface area contributed by atoms with Gasteiger partial charge in [-0.3, -0.25) is 4.79 Å². The molecule has 0 aliphatic heterocycles. The molecule has 0 saturated carbocycles. The summed E-state index contributed by atoms with van der Waals surface area (Å²) in [5.74, 6) is 2.11. The Labute approximate surface area is 138 Å². The molecule has 5 heteroatoms. The van der Waals surface area contributed by atoms with Crippen LogP contribution in [0.15, 0.2) is 36.4 Å². The van der Waals surface area contributed by atoms with Crippen molar-refractivity contribution in [1.29, 1.82) is 0 Å². The van der Waals surface area contributed by atoms with Crippen molar-refractivity contribution in [2.75, 3.05) is 25.0 Å². The third kappa shape index (κ3) is 2.79. The summed E-state index contributed by atoms with van der Waals surface area (Å²) in [4.78, 5) is 12.6. The fourth-order valence-corrected chi connectivity index (χ4v) is 2.68. The fraction of sp³-hybridized carbons (Fsp3) is 0.235. The number of ketones is 1. The molecule has 0 N–H and O–H groups in total. The number of alkyl halides is 2. The van der Waals surface area contributed by atoms with Gasteiger partial charge in [-0.15, -0.1) is 23.2 Å². The van der Waals surface area contributed by atoms with Crippen LogP contribution in [0.1, 0.15) is 15.9 Å². The molecule has 114 valence electrons. The maximum atomic E-state index is 12.6. The molecule has 22 heavy (non-hydrogen) atoms. The highest BCUT2D eigenvalue weighted by molar-refractivity contribution is 6.22. The minimum Gasteiger partial charge on any atom is -0.492 e. The van der Waals surface area contributed by atoms with E-state index in [-0.39, 0.29) is 5.78 Å². The monoisotopic (exact) mass is 336 g/mol. The van der Waals surface area contributed by atoms with E-state index >= 15 is 0 Å². The molecule has 0 heterocycles. The zero-order chi connectivity index (χ0) is 15.5. The average molecular weight is 337 g/mol. The summed E-state index contributed by atoms with van der Waals surface area (Å²) in [6.07, 6.45) is 0. The molecule has 0 amide bonds. The third-order valence-electron chi connectivity index (χ3n) is 3.45. The summed E-state index contributed by atoms with van der Waals surface area (Å²) >= 11 is 11.2. The van der Waals surface area contributed by atoms with Gasteiger partial charge in [-0.2, -0.15) is 0 Å². The zero-order valence-electron chi connectivity index (χ0n) is 11.8. The molecule has 0 atom stereocenters. The second kappa shape index (κ2) is 6.59. The smallest absolute Gasteiger partial charge is 0.194 e. The van der Waals surface area contributed by atoms with Crippen LogP contribution in [0.3, 0.4) is 0 Å². The molecule has 0 fully saturated rings. The molecule has 0 spiro atoms. The highest BCUT2D eigenvalue weighted by Gasteiger charge is 2.27. The Morgan fingerprint density at radius 1 is 0.727 bits per heavy atom. The molecule has 1 aliphatic carbocycles. The van der Waals surface area contributed by atoms with E-state index in [1.807, 2.05) is 24.3 Å². The van der Waals surface area contributed by atoms with Crippen molar-refractivity contribution < 1.29 is 14.3 Å². The molecular weight excluding hydrogens is 323 g/mol. The summed E-state index contributed by atoms with van der Waals surface area (Å²) < 4.78 is 11.0. The van der Waals surface area contributed by atoms with Crippen LogP contribution in [0.2, 0.25) is 0 Å². The lowest BCUT2D eigenvalue weighted by Crippen LogP contribution is -2.01. The first-order valence-electron chi connectivity index (χ1n) is 6.95. The first-order valence-corrected chi connectivity index (χ1v) is 8.02. The largest absolute Gasteiger partial charge is 0.492 e. The number of hydrogen-bond acceptors (Lipinski definition) is 3. The van der Waals surface area contributed by atoms with E-state index in [4.69, 9.17) is 32.7 Å². The summed E-state index contributed by atoms with van der Waals surface area (Å²) in [5, 5.41) is 0. The number of fused-ring (bicyclic) bond motifs is 3. The van der Waals surface area contributed by atoms with E-state index in [2.05, 4.69) is 0 Å². The first kappa shape index (κ1) is 15.2. The number of carbonyl (C=O) groups is 1. The van der Waals surface area contributed by atoms with Crippen molar-refractivity contribution in [1.82, 2.24) is 0 Å². The summed E-state index contributed by atoms with van der Waals surface area (Å²) in [6.45, 7) is 0.829. The van der Waals surface area contributed by atoms with Crippen LogP contribution >= 0.6 is 23.2 Å². The summed E-state index contributed by atoms with van der Waals surface area (Å²) in [5.41, 5.74) is 3.14. The van der Waals surface area contributed by atoms with Crippen molar-refractivity contribution in [2.45, 2.75) is 0 Å². The Kier molecular flexibility index (Phi) is 4.55. The van der Waals surface area contributed by atoms with Crippen LogP contribution in [-0.2, 0) is 0 Å². The number of halogens is 2. The lowest BCUT2D eigenvalue weighted by atomic mass is 10.1. The normalized spacial score (nSPS) is 12.0. The molecule has 0 saturated heterocycles. The Morgan fingerprint density at radius 2 is 1.18 bits per heavy atom. The summed E-state index contributed by atoms with van der Waals surface area (Å²) in [6, 6.07) is 11.0. The standard InChI is InChI=1S/C17H14Cl2O3/c18-5-7-21-11-1-3-13-14-4-2-12(22-8-6-19)10-16(14)17(20)15(13)9-11/h1-4,9-10H,5-8H2. The predicted molar refractivity (Wildman–Crippen MR) is 87.7 cm³/mol. The van der Waals surface area contributed by atoms with Gasteiger partial charge in [-0.05, 0) is 47.5 Å². The molecule has 1 aliphatic rings. The number of ether oxygens (including phenoxy) is 2. The van der Waals surface area contributed by atoms with E-state index < -0.39 is 0 Å². The van der Waals surface area contributed by atoms with Crippen molar-refractivity contribution in [3.8, 4) is 22.6 Å². The van der Waals surface area contributed by atoms with Crippen molar-refractivity contribution in [3.05, 3.63) is 47.5 Å². The highest BCUT2D eigenvalue weighted by atomic mass is 35.5. The Morgan fingerprint density at radius 3 is 1.59 bits per heavy atom. The van der Waals surface area contributed by atoms with Gasteiger partial charge < -0.3 is 9.47 Å². The molecule has 0 aromatic heterocycles. The third-order valence-corrected chi connectivity index (χ3v) is 3.76. The van der Waals surface area contributed by atoms with Crippen molar-refractivity contribution in [3.63, 3.8) is 0 Å². The quantitative estimate of drug-likeness (QED) is 0.635. The van der Waals surface area contributed by atoms with Gasteiger partial charge in [0.1, 0.15) is 24.7 Å². The van der Waals surface area contributed by atoms with Crippen molar-refractivity contribution >= 4 is 29.0 Å². The van der Waals surface area contributed by atoms with Gasteiger partial charge in [-0.1, -0.05) is 0 Å². The second-order valence-electron chi connectivity index (χ2n) is 4.82. The second-order valence-corrected chi connectivity index (χ2v) is 5.57. The summed E-state index contributed by atoms with van der Waals surface area (Å²) in [7, 11) is 0. The molecule has 3 nitrogen and oxygen atoms in total. The lowest BCUT2D eigenvalue weighted by molar-refractivity contribution is 0.104. The Hall–Kier alpha value is -1.71. The minimum absolute atomic E-state index is 0.0161. The first-order chi connectivity index (χ1) is 10.7. The number of hydrogen-bond donors (Lipinski definition) is 0. The van der Waals surface area contributed by atoms with E-state index in [0.29, 0.717) is 47.6 Å². The molecular formula is C17H14Cl2O3. The highest BCUT2D eigenvalue weighted by Crippen LogP contribution is 2.39. The van der Waals surface area contributed by atoms with Crippen LogP contribution in [0, 0.1) is 0 Å². The van der Waals surface area contributed by atoms with Gasteiger partial charge in [0, 0.05) is 11.1 Å². The van der Waals surface area contributed by atoms with Gasteiger partial charge in [0.25, 0.3) is 0 Å². The number of benzene rings is 2. The van der Waals surface area contributed by atoms with E-state index in [0.717, 1.165) is 11.1 Å². The van der Waals surface area contributed by atoms with Crippen LogP contribution in [-0.4, -0.2) is 30.8 Å². The van der Waals surface area contributed by atoms with Crippen LogP contribution in [0.25, 0.3) is 11.1 Å². The average Bonchev–Trinajstić information content (AvgIpc) is 2.83. The van der Waals surface area contributed by atoms with Crippen LogP contribution in [0.4, 0.5) is 0 Å². The van der Waals surface area contributed by atoms with E-state index in [9.17, 15) is 4.79 Å². The SMILES string of the molecule is O=C1c2cc(OCCCl)ccc2-c2ccc(OCCCl)cc21. The van der Waals surface area contributed by atoms with E-state index in [1.165, 1.54) is 0 Å². The molecule has 2 aromatic carbocycles. The van der Waals surface area contributed by atoms with Gasteiger partial charge >= 0.3 is 0 Å².